The van der Waals surface area contributed by atoms with Crippen LogP contribution in [-0.4, -0.2) is 50.4 Å². The number of nitrogens with zero attached hydrogens (tertiary/aromatic N) is 4. The zero-order valence-corrected chi connectivity index (χ0v) is 20.3. The first-order valence-corrected chi connectivity index (χ1v) is 12.5. The molecule has 0 unspecified atom stereocenters. The molecule has 0 atom stereocenters. The molecule has 1 saturated heterocycles. The summed E-state index contributed by atoms with van der Waals surface area (Å²) in [6, 6.07) is 15.3. The fourth-order valence-corrected chi connectivity index (χ4v) is 5.44. The van der Waals surface area contributed by atoms with Gasteiger partial charge in [0.25, 0.3) is 0 Å². The normalized spacial score (nSPS) is 16.1. The lowest BCUT2D eigenvalue weighted by Gasteiger charge is -2.38. The molecule has 0 bridgehead atoms. The zero-order valence-electron chi connectivity index (χ0n) is 18.8. The van der Waals surface area contributed by atoms with Gasteiger partial charge < -0.3 is 9.84 Å². The van der Waals surface area contributed by atoms with Crippen LogP contribution in [0.2, 0.25) is 5.02 Å². The molecule has 3 heterocycles. The summed E-state index contributed by atoms with van der Waals surface area (Å²) < 4.78 is 8.09. The zero-order chi connectivity index (χ0) is 23.7. The van der Waals surface area contributed by atoms with E-state index in [9.17, 15) is 9.90 Å². The van der Waals surface area contributed by atoms with Crippen LogP contribution in [0.1, 0.15) is 41.4 Å². The molecular formula is C25H25ClN4O3S. The van der Waals surface area contributed by atoms with Crippen LogP contribution in [-0.2, 0) is 16.9 Å². The van der Waals surface area contributed by atoms with Gasteiger partial charge in [-0.1, -0.05) is 47.2 Å². The van der Waals surface area contributed by atoms with Gasteiger partial charge in [0, 0.05) is 24.7 Å². The summed E-state index contributed by atoms with van der Waals surface area (Å²) in [6.45, 7) is 3.93. The number of hydrogen-bond donors (Lipinski definition) is 1. The Bertz CT molecular complexity index is 1280. The fourth-order valence-electron chi connectivity index (χ4n) is 4.36. The Labute approximate surface area is 206 Å². The molecule has 4 aromatic rings. The van der Waals surface area contributed by atoms with Gasteiger partial charge in [-0.3, -0.25) is 4.90 Å². The Morgan fingerprint density at radius 1 is 1.18 bits per heavy atom. The third-order valence-corrected chi connectivity index (χ3v) is 7.53. The number of likely N-dealkylation sites (tertiary alicyclic amines) is 1. The van der Waals surface area contributed by atoms with Crippen molar-refractivity contribution in [3.63, 3.8) is 0 Å². The first-order valence-electron chi connectivity index (χ1n) is 11.3. The van der Waals surface area contributed by atoms with Crippen molar-refractivity contribution >= 4 is 39.1 Å². The van der Waals surface area contributed by atoms with Crippen molar-refractivity contribution in [2.45, 2.75) is 31.9 Å². The molecule has 5 rings (SSSR count). The molecule has 0 saturated carbocycles. The summed E-state index contributed by atoms with van der Waals surface area (Å²) in [6.07, 6.45) is 2.73. The molecule has 0 aliphatic carbocycles. The van der Waals surface area contributed by atoms with Gasteiger partial charge in [-0.25, -0.2) is 14.5 Å². The number of hydrogen-bond acceptors (Lipinski definition) is 7. The lowest BCUT2D eigenvalue weighted by Crippen LogP contribution is -2.42. The van der Waals surface area contributed by atoms with E-state index in [4.69, 9.17) is 21.3 Å². The highest BCUT2D eigenvalue weighted by molar-refractivity contribution is 7.20. The summed E-state index contributed by atoms with van der Waals surface area (Å²) in [5, 5.41) is 17.1. The molecular weight excluding hydrogens is 472 g/mol. The number of esters is 1. The maximum absolute atomic E-state index is 12.7. The molecule has 34 heavy (non-hydrogen) atoms. The van der Waals surface area contributed by atoms with Gasteiger partial charge in [-0.15, -0.1) is 0 Å². The Balaban J connectivity index is 1.41. The number of aromatic nitrogens is 3. The molecule has 0 spiro atoms. The van der Waals surface area contributed by atoms with E-state index in [-0.39, 0.29) is 5.97 Å². The second-order valence-corrected chi connectivity index (χ2v) is 9.86. The van der Waals surface area contributed by atoms with E-state index in [1.165, 1.54) is 11.3 Å². The van der Waals surface area contributed by atoms with Crippen molar-refractivity contribution in [2.75, 3.05) is 19.7 Å². The lowest BCUT2D eigenvalue weighted by molar-refractivity contribution is -0.0281. The molecule has 1 aliphatic heterocycles. The van der Waals surface area contributed by atoms with Gasteiger partial charge in [0.2, 0.25) is 5.13 Å². The molecule has 9 heteroatoms. The smallest absolute Gasteiger partial charge is 0.341 e. The van der Waals surface area contributed by atoms with Crippen LogP contribution in [0.4, 0.5) is 0 Å². The highest BCUT2D eigenvalue weighted by atomic mass is 35.5. The summed E-state index contributed by atoms with van der Waals surface area (Å²) in [5.74, 6) is -0.389. The maximum Gasteiger partial charge on any atom is 0.341 e. The Hall–Kier alpha value is -2.78. The number of para-hydroxylation sites is 1. The second kappa shape index (κ2) is 9.46. The van der Waals surface area contributed by atoms with E-state index in [1.807, 2.05) is 48.5 Å². The topological polar surface area (TPSA) is 80.5 Å². The number of benzene rings is 2. The number of aliphatic hydroxyl groups is 1. The Morgan fingerprint density at radius 2 is 1.91 bits per heavy atom. The highest BCUT2D eigenvalue weighted by Gasteiger charge is 2.35. The van der Waals surface area contributed by atoms with Crippen molar-refractivity contribution in [2.24, 2.45) is 0 Å². The van der Waals surface area contributed by atoms with E-state index in [0.29, 0.717) is 54.8 Å². The average Bonchev–Trinajstić information content (AvgIpc) is 3.45. The highest BCUT2D eigenvalue weighted by Crippen LogP contribution is 2.34. The number of thiazole rings is 1. The minimum absolute atomic E-state index is 0.294. The van der Waals surface area contributed by atoms with Crippen LogP contribution >= 0.6 is 22.9 Å². The molecule has 176 valence electrons. The first-order chi connectivity index (χ1) is 16.5. The van der Waals surface area contributed by atoms with Crippen LogP contribution in [0.25, 0.3) is 15.3 Å². The minimum atomic E-state index is -0.891. The van der Waals surface area contributed by atoms with Gasteiger partial charge in [0.05, 0.1) is 34.3 Å². The summed E-state index contributed by atoms with van der Waals surface area (Å²) in [5.41, 5.74) is 2.07. The van der Waals surface area contributed by atoms with E-state index in [2.05, 4.69) is 10.00 Å². The molecule has 1 aliphatic rings. The van der Waals surface area contributed by atoms with Crippen molar-refractivity contribution in [1.29, 1.82) is 0 Å². The van der Waals surface area contributed by atoms with Crippen LogP contribution in [0.5, 0.6) is 0 Å². The minimum Gasteiger partial charge on any atom is -0.462 e. The predicted molar refractivity (Wildman–Crippen MR) is 133 cm³/mol. The second-order valence-electron chi connectivity index (χ2n) is 8.42. The average molecular weight is 497 g/mol. The predicted octanol–water partition coefficient (Wildman–Crippen LogP) is 4.80. The number of ether oxygens (including phenoxy) is 1. The van der Waals surface area contributed by atoms with Gasteiger partial charge in [0.1, 0.15) is 5.56 Å². The Morgan fingerprint density at radius 3 is 2.62 bits per heavy atom. The van der Waals surface area contributed by atoms with Crippen molar-refractivity contribution in [3.8, 4) is 5.13 Å². The molecule has 0 amide bonds. The summed E-state index contributed by atoms with van der Waals surface area (Å²) in [4.78, 5) is 19.6. The van der Waals surface area contributed by atoms with Gasteiger partial charge >= 0.3 is 5.97 Å². The van der Waals surface area contributed by atoms with E-state index < -0.39 is 5.60 Å². The van der Waals surface area contributed by atoms with Crippen LogP contribution in [0, 0.1) is 0 Å². The summed E-state index contributed by atoms with van der Waals surface area (Å²) in [7, 11) is 0. The van der Waals surface area contributed by atoms with E-state index in [1.54, 1.807) is 17.8 Å². The number of carbonyl (C=O) groups excluding carboxylic acids is 1. The lowest BCUT2D eigenvalue weighted by atomic mass is 9.84. The third kappa shape index (κ3) is 4.46. The third-order valence-electron chi connectivity index (χ3n) is 6.27. The molecule has 2 aromatic carbocycles. The Kier molecular flexibility index (Phi) is 6.40. The number of fused-ring (bicyclic) bond motifs is 1. The SMILES string of the molecule is CCOC(=O)c1cnn(-c2nc3ccccc3s2)c1CN1CCC(O)(c2ccc(Cl)cc2)CC1. The van der Waals surface area contributed by atoms with Crippen LogP contribution in [0.15, 0.2) is 54.7 Å². The molecule has 2 aromatic heterocycles. The molecule has 0 radical (unpaired) electrons. The van der Waals surface area contributed by atoms with Crippen LogP contribution in [0.3, 0.4) is 0 Å². The standard InChI is InChI=1S/C25H25ClN4O3S/c1-2-33-23(31)19-15-27-30(24-28-20-5-3-4-6-22(20)34-24)21(19)16-29-13-11-25(32,12-14-29)17-7-9-18(26)10-8-17/h3-10,15,32H,2,11-14,16H2,1H3. The molecule has 1 N–H and O–H groups in total. The number of rotatable bonds is 6. The number of halogens is 1. The van der Waals surface area contributed by atoms with Crippen LogP contribution < -0.4 is 0 Å². The summed E-state index contributed by atoms with van der Waals surface area (Å²) >= 11 is 7.54. The molecule has 7 nitrogen and oxygen atoms in total. The van der Waals surface area contributed by atoms with Crippen molar-refractivity contribution < 1.29 is 14.6 Å². The molecule has 1 fully saturated rings. The number of piperidine rings is 1. The van der Waals surface area contributed by atoms with Gasteiger partial charge in [-0.2, -0.15) is 5.10 Å². The quantitative estimate of drug-likeness (QED) is 0.386. The van der Waals surface area contributed by atoms with Gasteiger partial charge in [0.15, 0.2) is 0 Å². The monoisotopic (exact) mass is 496 g/mol. The van der Waals surface area contributed by atoms with Crippen molar-refractivity contribution in [3.05, 3.63) is 76.6 Å². The maximum atomic E-state index is 12.7. The van der Waals surface area contributed by atoms with Gasteiger partial charge in [-0.05, 0) is 49.6 Å². The van der Waals surface area contributed by atoms with E-state index >= 15 is 0 Å². The van der Waals surface area contributed by atoms with E-state index in [0.717, 1.165) is 21.5 Å². The van der Waals surface area contributed by atoms with Crippen molar-refractivity contribution in [1.82, 2.24) is 19.7 Å². The number of carbonyl (C=O) groups is 1. The largest absolute Gasteiger partial charge is 0.462 e. The fraction of sp³-hybridized carbons (Fsp3) is 0.320. The first kappa shape index (κ1) is 23.0.